The molecule has 2 fully saturated rings. The van der Waals surface area contributed by atoms with Gasteiger partial charge in [-0.2, -0.15) is 0 Å². The second-order valence-electron chi connectivity index (χ2n) is 5.78. The lowest BCUT2D eigenvalue weighted by molar-refractivity contribution is 0.0126. The molecule has 0 spiro atoms. The van der Waals surface area contributed by atoms with Gasteiger partial charge in [0.25, 0.3) is 0 Å². The van der Waals surface area contributed by atoms with E-state index in [1.807, 2.05) is 0 Å². The largest absolute Gasteiger partial charge is 0.393 e. The molecule has 0 amide bonds. The van der Waals surface area contributed by atoms with Gasteiger partial charge in [0, 0.05) is 12.6 Å². The van der Waals surface area contributed by atoms with Crippen LogP contribution >= 0.6 is 0 Å². The molecule has 0 aromatic rings. The van der Waals surface area contributed by atoms with Gasteiger partial charge in [0.2, 0.25) is 0 Å². The third-order valence-corrected chi connectivity index (χ3v) is 4.49. The molecule has 16 heavy (non-hydrogen) atoms. The zero-order valence-electron chi connectivity index (χ0n) is 10.4. The van der Waals surface area contributed by atoms with Crippen molar-refractivity contribution < 1.29 is 5.11 Å². The second-order valence-corrected chi connectivity index (χ2v) is 5.78. The summed E-state index contributed by atoms with van der Waals surface area (Å²) in [6, 6.07) is 0.691. The van der Waals surface area contributed by atoms with Gasteiger partial charge in [-0.1, -0.05) is 12.8 Å². The Morgan fingerprint density at radius 3 is 2.56 bits per heavy atom. The van der Waals surface area contributed by atoms with E-state index in [0.717, 1.165) is 31.8 Å². The molecule has 2 atom stereocenters. The fraction of sp³-hybridized carbons (Fsp3) is 1.00. The highest BCUT2D eigenvalue weighted by molar-refractivity contribution is 4.86. The van der Waals surface area contributed by atoms with E-state index in [4.69, 9.17) is 5.73 Å². The molecule has 2 rings (SSSR count). The van der Waals surface area contributed by atoms with E-state index in [9.17, 15) is 5.11 Å². The minimum absolute atomic E-state index is 0.0185. The molecule has 0 heterocycles. The Hall–Kier alpha value is -0.120. The minimum Gasteiger partial charge on any atom is -0.393 e. The van der Waals surface area contributed by atoms with Gasteiger partial charge < -0.3 is 15.7 Å². The van der Waals surface area contributed by atoms with Gasteiger partial charge in [-0.15, -0.1) is 0 Å². The molecular formula is C13H26N2O. The van der Waals surface area contributed by atoms with Crippen molar-refractivity contribution in [3.63, 3.8) is 0 Å². The maximum atomic E-state index is 9.30. The lowest BCUT2D eigenvalue weighted by Crippen LogP contribution is -2.47. The molecule has 3 nitrogen and oxygen atoms in total. The van der Waals surface area contributed by atoms with Crippen molar-refractivity contribution in [1.82, 2.24) is 4.90 Å². The predicted molar refractivity (Wildman–Crippen MR) is 66.2 cm³/mol. The minimum atomic E-state index is -0.0185. The number of aliphatic hydroxyl groups excluding tert-OH is 1. The number of nitrogens with two attached hydrogens (primary N) is 1. The first kappa shape index (κ1) is 12.3. The zero-order chi connectivity index (χ0) is 11.5. The van der Waals surface area contributed by atoms with Gasteiger partial charge in [0.1, 0.15) is 0 Å². The number of rotatable bonds is 4. The first-order valence-electron chi connectivity index (χ1n) is 6.79. The smallest absolute Gasteiger partial charge is 0.0546 e. The third kappa shape index (κ3) is 2.76. The Bertz CT molecular complexity index is 216. The Morgan fingerprint density at radius 2 is 1.94 bits per heavy atom. The third-order valence-electron chi connectivity index (χ3n) is 4.49. The Balaban J connectivity index is 1.79. The van der Waals surface area contributed by atoms with Crippen LogP contribution in [0.2, 0.25) is 0 Å². The van der Waals surface area contributed by atoms with E-state index >= 15 is 0 Å². The van der Waals surface area contributed by atoms with Crippen molar-refractivity contribution in [3.05, 3.63) is 0 Å². The Morgan fingerprint density at radius 1 is 1.25 bits per heavy atom. The summed E-state index contributed by atoms with van der Waals surface area (Å²) >= 11 is 0. The molecule has 2 aliphatic rings. The summed E-state index contributed by atoms with van der Waals surface area (Å²) in [5, 5.41) is 9.30. The summed E-state index contributed by atoms with van der Waals surface area (Å²) in [5.74, 6) is 1.42. The first-order chi connectivity index (χ1) is 7.70. The van der Waals surface area contributed by atoms with Gasteiger partial charge >= 0.3 is 0 Å². The summed E-state index contributed by atoms with van der Waals surface area (Å²) in [4.78, 5) is 2.51. The molecule has 0 aromatic heterocycles. The summed E-state index contributed by atoms with van der Waals surface area (Å²) in [5.41, 5.74) is 5.86. The summed E-state index contributed by atoms with van der Waals surface area (Å²) in [6.07, 6.45) is 7.32. The van der Waals surface area contributed by atoms with Crippen LogP contribution in [0.5, 0.6) is 0 Å². The van der Waals surface area contributed by atoms with Crippen molar-refractivity contribution >= 4 is 0 Å². The molecule has 0 radical (unpaired) electrons. The van der Waals surface area contributed by atoms with Crippen molar-refractivity contribution in [3.8, 4) is 0 Å². The average molecular weight is 226 g/mol. The van der Waals surface area contributed by atoms with Crippen LogP contribution < -0.4 is 5.73 Å². The normalized spacial score (nSPS) is 39.8. The van der Waals surface area contributed by atoms with Crippen molar-refractivity contribution in [2.45, 2.75) is 50.7 Å². The zero-order valence-corrected chi connectivity index (χ0v) is 10.4. The van der Waals surface area contributed by atoms with Gasteiger partial charge in [-0.05, 0) is 51.1 Å². The standard InChI is InChI=1S/C13H26N2O/c1-15(9-10-6-12(16)7-10)13-5-3-2-4-11(13)8-14/h10-13,16H,2-9,14H2,1H3. The molecule has 0 aliphatic heterocycles. The highest BCUT2D eigenvalue weighted by Gasteiger charge is 2.32. The lowest BCUT2D eigenvalue weighted by Gasteiger charge is -2.41. The van der Waals surface area contributed by atoms with Crippen LogP contribution in [0.15, 0.2) is 0 Å². The molecule has 3 heteroatoms. The number of nitrogens with zero attached hydrogens (tertiary/aromatic N) is 1. The van der Waals surface area contributed by atoms with Crippen molar-refractivity contribution in [2.24, 2.45) is 17.6 Å². The number of hydrogen-bond donors (Lipinski definition) is 2. The van der Waals surface area contributed by atoms with Gasteiger partial charge in [0.15, 0.2) is 0 Å². The Labute approximate surface area is 99.0 Å². The predicted octanol–water partition coefficient (Wildman–Crippen LogP) is 1.21. The van der Waals surface area contributed by atoms with E-state index in [1.165, 1.54) is 25.7 Å². The molecule has 2 saturated carbocycles. The van der Waals surface area contributed by atoms with Crippen LogP contribution in [0.3, 0.4) is 0 Å². The molecule has 3 N–H and O–H groups in total. The molecule has 2 unspecified atom stereocenters. The molecule has 2 aliphatic carbocycles. The molecule has 0 aromatic carbocycles. The van der Waals surface area contributed by atoms with Crippen LogP contribution in [0, 0.1) is 11.8 Å². The first-order valence-corrected chi connectivity index (χ1v) is 6.79. The van der Waals surface area contributed by atoms with Gasteiger partial charge in [0.05, 0.1) is 6.10 Å². The summed E-state index contributed by atoms with van der Waals surface area (Å²) < 4.78 is 0. The highest BCUT2D eigenvalue weighted by Crippen LogP contribution is 2.32. The molecule has 0 bridgehead atoms. The van der Waals surface area contributed by atoms with Crippen LogP contribution in [-0.2, 0) is 0 Å². The lowest BCUT2D eigenvalue weighted by atomic mass is 9.80. The summed E-state index contributed by atoms with van der Waals surface area (Å²) in [7, 11) is 2.24. The van der Waals surface area contributed by atoms with Crippen LogP contribution in [-0.4, -0.2) is 42.3 Å². The van der Waals surface area contributed by atoms with E-state index in [-0.39, 0.29) is 6.10 Å². The summed E-state index contributed by atoms with van der Waals surface area (Å²) in [6.45, 7) is 1.99. The van der Waals surface area contributed by atoms with Gasteiger partial charge in [-0.3, -0.25) is 0 Å². The van der Waals surface area contributed by atoms with Crippen LogP contribution in [0.1, 0.15) is 38.5 Å². The average Bonchev–Trinajstić information content (AvgIpc) is 2.27. The number of aliphatic hydroxyl groups is 1. The molecule has 0 saturated heterocycles. The van der Waals surface area contributed by atoms with E-state index in [1.54, 1.807) is 0 Å². The van der Waals surface area contributed by atoms with Crippen molar-refractivity contribution in [1.29, 1.82) is 0 Å². The van der Waals surface area contributed by atoms with Crippen LogP contribution in [0.25, 0.3) is 0 Å². The monoisotopic (exact) mass is 226 g/mol. The maximum Gasteiger partial charge on any atom is 0.0546 e. The fourth-order valence-electron chi connectivity index (χ4n) is 3.44. The van der Waals surface area contributed by atoms with Gasteiger partial charge in [-0.25, -0.2) is 0 Å². The van der Waals surface area contributed by atoms with E-state index in [0.29, 0.717) is 12.0 Å². The fourth-order valence-corrected chi connectivity index (χ4v) is 3.44. The second kappa shape index (κ2) is 5.48. The molecular weight excluding hydrogens is 200 g/mol. The highest BCUT2D eigenvalue weighted by atomic mass is 16.3. The maximum absolute atomic E-state index is 9.30. The topological polar surface area (TPSA) is 49.5 Å². The van der Waals surface area contributed by atoms with Crippen LogP contribution in [0.4, 0.5) is 0 Å². The quantitative estimate of drug-likeness (QED) is 0.757. The van der Waals surface area contributed by atoms with E-state index in [2.05, 4.69) is 11.9 Å². The van der Waals surface area contributed by atoms with Crippen molar-refractivity contribution in [2.75, 3.05) is 20.1 Å². The Kier molecular flexibility index (Phi) is 4.22. The van der Waals surface area contributed by atoms with E-state index < -0.39 is 0 Å². The number of hydrogen-bond acceptors (Lipinski definition) is 3. The molecule has 94 valence electrons. The SMILES string of the molecule is CN(CC1CC(O)C1)C1CCCCC1CN.